The summed E-state index contributed by atoms with van der Waals surface area (Å²) in [7, 11) is 3.08. The molecule has 0 saturated carbocycles. The van der Waals surface area contributed by atoms with E-state index in [1.54, 1.807) is 18.3 Å². The molecule has 1 N–H and O–H groups in total. The van der Waals surface area contributed by atoms with Crippen LogP contribution in [0.4, 0.5) is 0 Å². The minimum Gasteiger partial charge on any atom is -0.495 e. The first-order chi connectivity index (χ1) is 10.6. The van der Waals surface area contributed by atoms with Crippen LogP contribution in [0.25, 0.3) is 0 Å². The fraction of sp³-hybridized carbons (Fsp3) is 0.250. The van der Waals surface area contributed by atoms with Crippen LogP contribution in [-0.2, 0) is 0 Å². The van der Waals surface area contributed by atoms with Crippen molar-refractivity contribution < 1.29 is 14.3 Å². The van der Waals surface area contributed by atoms with E-state index in [0.717, 1.165) is 5.69 Å². The summed E-state index contributed by atoms with van der Waals surface area (Å²) >= 11 is 3.38. The number of nitrogens with zero attached hydrogens (tertiary/aromatic N) is 1. The maximum Gasteiger partial charge on any atom is 0.252 e. The fourth-order valence-electron chi connectivity index (χ4n) is 1.99. The third kappa shape index (κ3) is 3.57. The highest BCUT2D eigenvalue weighted by atomic mass is 79.9. The molecule has 1 heterocycles. The fourth-order valence-corrected chi connectivity index (χ4v) is 2.54. The molecule has 0 fully saturated rings. The summed E-state index contributed by atoms with van der Waals surface area (Å²) in [4.78, 5) is 16.6. The second-order valence-electron chi connectivity index (χ2n) is 4.64. The van der Waals surface area contributed by atoms with Gasteiger partial charge >= 0.3 is 0 Å². The molecule has 2 rings (SSSR count). The molecule has 0 aliphatic rings. The van der Waals surface area contributed by atoms with Crippen molar-refractivity contribution in [2.45, 2.75) is 13.0 Å². The maximum atomic E-state index is 12.4. The summed E-state index contributed by atoms with van der Waals surface area (Å²) in [5.41, 5.74) is 1.26. The van der Waals surface area contributed by atoms with Crippen LogP contribution < -0.4 is 14.8 Å². The van der Waals surface area contributed by atoms with Gasteiger partial charge in [0.2, 0.25) is 0 Å². The average molecular weight is 365 g/mol. The number of hydrogen-bond donors (Lipinski definition) is 1. The predicted octanol–water partition coefficient (Wildman–Crippen LogP) is 3.35. The molecule has 0 radical (unpaired) electrons. The summed E-state index contributed by atoms with van der Waals surface area (Å²) in [6.07, 6.45) is 1.70. The number of amides is 1. The Hall–Kier alpha value is -2.08. The molecule has 1 atom stereocenters. The minimum atomic E-state index is -0.220. The number of nitrogens with one attached hydrogen (secondary N) is 1. The summed E-state index contributed by atoms with van der Waals surface area (Å²) in [6, 6.07) is 8.71. The number of benzene rings is 1. The molecule has 5 nitrogen and oxygen atoms in total. The zero-order valence-electron chi connectivity index (χ0n) is 12.6. The standard InChI is InChI=1S/C16H17BrN2O3/c1-10(12-6-4-5-7-18-12)19-16(20)11-8-13(21-2)15(17)14(9-11)22-3/h4-10H,1-3H3,(H,19,20)/t10-/m0/s1. The van der Waals surface area contributed by atoms with Gasteiger partial charge < -0.3 is 14.8 Å². The molecule has 1 aromatic heterocycles. The number of carbonyl (C=O) groups excluding carboxylic acids is 1. The number of hydrogen-bond acceptors (Lipinski definition) is 4. The Morgan fingerprint density at radius 1 is 1.23 bits per heavy atom. The zero-order chi connectivity index (χ0) is 16.1. The SMILES string of the molecule is COc1cc(C(=O)N[C@@H](C)c2ccccn2)cc(OC)c1Br. The molecule has 0 saturated heterocycles. The third-order valence-corrected chi connectivity index (χ3v) is 3.97. The second-order valence-corrected chi connectivity index (χ2v) is 5.44. The normalized spacial score (nSPS) is 11.6. The van der Waals surface area contributed by atoms with Crippen LogP contribution >= 0.6 is 15.9 Å². The maximum absolute atomic E-state index is 12.4. The van der Waals surface area contributed by atoms with E-state index in [-0.39, 0.29) is 11.9 Å². The Morgan fingerprint density at radius 2 is 1.86 bits per heavy atom. The Balaban J connectivity index is 2.22. The van der Waals surface area contributed by atoms with Crippen molar-refractivity contribution in [3.05, 3.63) is 52.3 Å². The Bertz CT molecular complexity index is 637. The monoisotopic (exact) mass is 364 g/mol. The minimum absolute atomic E-state index is 0.200. The van der Waals surface area contributed by atoms with Crippen LogP contribution in [0.1, 0.15) is 29.0 Å². The van der Waals surface area contributed by atoms with Crippen molar-refractivity contribution in [2.75, 3.05) is 14.2 Å². The number of carbonyl (C=O) groups is 1. The van der Waals surface area contributed by atoms with Gasteiger partial charge in [0.1, 0.15) is 16.0 Å². The predicted molar refractivity (Wildman–Crippen MR) is 87.4 cm³/mol. The van der Waals surface area contributed by atoms with Crippen LogP contribution in [0, 0.1) is 0 Å². The molecule has 22 heavy (non-hydrogen) atoms. The molecule has 6 heteroatoms. The van der Waals surface area contributed by atoms with Gasteiger partial charge in [-0.15, -0.1) is 0 Å². The first-order valence-electron chi connectivity index (χ1n) is 6.70. The quantitative estimate of drug-likeness (QED) is 0.883. The van der Waals surface area contributed by atoms with E-state index in [0.29, 0.717) is 21.5 Å². The highest BCUT2D eigenvalue weighted by molar-refractivity contribution is 9.10. The van der Waals surface area contributed by atoms with Crippen LogP contribution in [0.2, 0.25) is 0 Å². The molecule has 2 aromatic rings. The lowest BCUT2D eigenvalue weighted by atomic mass is 10.1. The smallest absolute Gasteiger partial charge is 0.252 e. The van der Waals surface area contributed by atoms with Gasteiger partial charge in [-0.05, 0) is 47.1 Å². The van der Waals surface area contributed by atoms with Crippen molar-refractivity contribution in [2.24, 2.45) is 0 Å². The number of aromatic nitrogens is 1. The van der Waals surface area contributed by atoms with Gasteiger partial charge in [0.25, 0.3) is 5.91 Å². The summed E-state index contributed by atoms with van der Waals surface area (Å²) in [5.74, 6) is 0.854. The van der Waals surface area contributed by atoms with E-state index in [1.165, 1.54) is 14.2 Å². The molecule has 0 aliphatic heterocycles. The number of methoxy groups -OCH3 is 2. The highest BCUT2D eigenvalue weighted by Crippen LogP contribution is 2.35. The van der Waals surface area contributed by atoms with Gasteiger partial charge in [-0.25, -0.2) is 0 Å². The Morgan fingerprint density at radius 3 is 2.36 bits per heavy atom. The first-order valence-corrected chi connectivity index (χ1v) is 7.49. The topological polar surface area (TPSA) is 60.5 Å². The molecule has 0 bridgehead atoms. The lowest BCUT2D eigenvalue weighted by Gasteiger charge is -2.15. The van der Waals surface area contributed by atoms with Crippen LogP contribution in [-0.4, -0.2) is 25.1 Å². The van der Waals surface area contributed by atoms with Gasteiger partial charge in [-0.1, -0.05) is 6.07 Å². The number of pyridine rings is 1. The van der Waals surface area contributed by atoms with Crippen molar-refractivity contribution in [1.29, 1.82) is 0 Å². The number of halogens is 1. The summed E-state index contributed by atoms with van der Waals surface area (Å²) in [5, 5.41) is 2.91. The third-order valence-electron chi connectivity index (χ3n) is 3.19. The largest absolute Gasteiger partial charge is 0.495 e. The highest BCUT2D eigenvalue weighted by Gasteiger charge is 2.17. The molecule has 1 aromatic carbocycles. The van der Waals surface area contributed by atoms with Crippen LogP contribution in [0.5, 0.6) is 11.5 Å². The van der Waals surface area contributed by atoms with Gasteiger partial charge in [0.15, 0.2) is 0 Å². The Kier molecular flexibility index (Phi) is 5.38. The van der Waals surface area contributed by atoms with Gasteiger partial charge in [-0.3, -0.25) is 9.78 Å². The Labute approximate surface area is 137 Å². The van der Waals surface area contributed by atoms with E-state index in [1.807, 2.05) is 25.1 Å². The van der Waals surface area contributed by atoms with Crippen molar-refractivity contribution in [3.63, 3.8) is 0 Å². The number of rotatable bonds is 5. The number of ether oxygens (including phenoxy) is 2. The van der Waals surface area contributed by atoms with E-state index in [9.17, 15) is 4.79 Å². The lowest BCUT2D eigenvalue weighted by Crippen LogP contribution is -2.27. The first kappa shape index (κ1) is 16.3. The molecule has 0 spiro atoms. The van der Waals surface area contributed by atoms with Gasteiger partial charge in [0, 0.05) is 11.8 Å². The molecule has 0 aliphatic carbocycles. The summed E-state index contributed by atoms with van der Waals surface area (Å²) < 4.78 is 11.2. The van der Waals surface area contributed by atoms with Crippen molar-refractivity contribution in [1.82, 2.24) is 10.3 Å². The van der Waals surface area contributed by atoms with Gasteiger partial charge in [-0.2, -0.15) is 0 Å². The molecule has 0 unspecified atom stereocenters. The van der Waals surface area contributed by atoms with Crippen LogP contribution in [0.3, 0.4) is 0 Å². The van der Waals surface area contributed by atoms with E-state index in [4.69, 9.17) is 9.47 Å². The molecule has 1 amide bonds. The van der Waals surface area contributed by atoms with Crippen LogP contribution in [0.15, 0.2) is 41.0 Å². The van der Waals surface area contributed by atoms with E-state index in [2.05, 4.69) is 26.2 Å². The molecular formula is C16H17BrN2O3. The zero-order valence-corrected chi connectivity index (χ0v) is 14.2. The molecular weight excluding hydrogens is 348 g/mol. The van der Waals surface area contributed by atoms with E-state index < -0.39 is 0 Å². The lowest BCUT2D eigenvalue weighted by molar-refractivity contribution is 0.0938. The summed E-state index contributed by atoms with van der Waals surface area (Å²) in [6.45, 7) is 1.88. The second kappa shape index (κ2) is 7.26. The molecule has 116 valence electrons. The van der Waals surface area contributed by atoms with Crippen molar-refractivity contribution >= 4 is 21.8 Å². The van der Waals surface area contributed by atoms with E-state index >= 15 is 0 Å². The average Bonchev–Trinajstić information content (AvgIpc) is 2.55. The van der Waals surface area contributed by atoms with Crippen molar-refractivity contribution in [3.8, 4) is 11.5 Å². The van der Waals surface area contributed by atoms with Gasteiger partial charge in [0.05, 0.1) is 26.0 Å².